The smallest absolute Gasteiger partial charge is 0.298 e. The lowest BCUT2D eigenvalue weighted by molar-refractivity contribution is -0.112. The molecule has 2 aromatic carbocycles. The number of pyridine rings is 1. The third-order valence-corrected chi connectivity index (χ3v) is 8.39. The van der Waals surface area contributed by atoms with Gasteiger partial charge in [-0.25, -0.2) is 0 Å². The molecule has 0 aliphatic carbocycles. The van der Waals surface area contributed by atoms with Crippen molar-refractivity contribution in [3.05, 3.63) is 95.6 Å². The van der Waals surface area contributed by atoms with Gasteiger partial charge in [-0.3, -0.25) is 14.6 Å². The van der Waals surface area contributed by atoms with E-state index in [1.807, 2.05) is 80.8 Å². The zero-order valence-corrected chi connectivity index (χ0v) is 24.2. The standard InChI is InChI=1S/C34H37N5O3/c1-23-19-30(24-7-4-3-5-8-24)32(38(23)2)33(40)34(41)37-27-10-12-29(13-11-27)39-16-14-26(15-17-39)35-21-28-20-25-9-6-18-42-31(25)22-36-28/h3-5,7-8,10-13,19-20,22,26,35H,6,9,14-18,21H2,1-2H3,(H,37,41). The average molecular weight is 564 g/mol. The number of carbonyl (C=O) groups excluding carboxylic acids is 2. The van der Waals surface area contributed by atoms with E-state index in [0.717, 1.165) is 85.9 Å². The second-order valence-corrected chi connectivity index (χ2v) is 11.2. The molecule has 4 heterocycles. The molecule has 0 atom stereocenters. The van der Waals surface area contributed by atoms with Gasteiger partial charge in [0.15, 0.2) is 0 Å². The molecule has 0 radical (unpaired) electrons. The first-order chi connectivity index (χ1) is 20.5. The maximum atomic E-state index is 13.3. The summed E-state index contributed by atoms with van der Waals surface area (Å²) >= 11 is 0. The average Bonchev–Trinajstić information content (AvgIpc) is 3.34. The number of aryl methyl sites for hydroxylation is 2. The van der Waals surface area contributed by atoms with E-state index in [0.29, 0.717) is 17.4 Å². The molecule has 1 saturated heterocycles. The van der Waals surface area contributed by atoms with Crippen molar-refractivity contribution in [3.63, 3.8) is 0 Å². The Kier molecular flexibility index (Phi) is 8.06. The number of piperidine rings is 1. The van der Waals surface area contributed by atoms with Crippen LogP contribution in [-0.4, -0.2) is 47.0 Å². The number of nitrogens with one attached hydrogen (secondary N) is 2. The molecule has 0 saturated carbocycles. The van der Waals surface area contributed by atoms with Gasteiger partial charge in [-0.05, 0) is 80.1 Å². The molecule has 2 aromatic heterocycles. The maximum Gasteiger partial charge on any atom is 0.298 e. The topological polar surface area (TPSA) is 88.5 Å². The first kappa shape index (κ1) is 27.7. The number of rotatable bonds is 8. The van der Waals surface area contributed by atoms with E-state index in [9.17, 15) is 9.59 Å². The molecule has 6 rings (SSSR count). The summed E-state index contributed by atoms with van der Waals surface area (Å²) in [6.45, 7) is 5.37. The number of anilines is 2. The van der Waals surface area contributed by atoms with Gasteiger partial charge in [0, 0.05) is 55.4 Å². The molecular formula is C34H37N5O3. The predicted molar refractivity (Wildman–Crippen MR) is 165 cm³/mol. The van der Waals surface area contributed by atoms with Crippen LogP contribution in [0.15, 0.2) is 72.9 Å². The molecule has 0 spiro atoms. The fraction of sp³-hybridized carbons (Fsp3) is 0.324. The van der Waals surface area contributed by atoms with E-state index in [-0.39, 0.29) is 0 Å². The lowest BCUT2D eigenvalue weighted by atomic mass is 10.0. The molecule has 1 amide bonds. The minimum atomic E-state index is -0.644. The summed E-state index contributed by atoms with van der Waals surface area (Å²) in [5.41, 5.74) is 7.01. The Hall–Kier alpha value is -4.43. The first-order valence-corrected chi connectivity index (χ1v) is 14.7. The Morgan fingerprint density at radius 3 is 2.55 bits per heavy atom. The van der Waals surface area contributed by atoms with E-state index in [4.69, 9.17) is 4.74 Å². The quantitative estimate of drug-likeness (QED) is 0.223. The first-order valence-electron chi connectivity index (χ1n) is 14.7. The van der Waals surface area contributed by atoms with Crippen molar-refractivity contribution in [2.45, 2.75) is 45.2 Å². The summed E-state index contributed by atoms with van der Waals surface area (Å²) in [6.07, 6.45) is 6.07. The Bertz CT molecular complexity index is 1570. The molecule has 216 valence electrons. The molecule has 2 aliphatic heterocycles. The van der Waals surface area contributed by atoms with Gasteiger partial charge in [-0.15, -0.1) is 0 Å². The Balaban J connectivity index is 1.02. The van der Waals surface area contributed by atoms with Crippen LogP contribution in [0.25, 0.3) is 11.1 Å². The number of nitrogens with zero attached hydrogens (tertiary/aromatic N) is 3. The normalized spacial score (nSPS) is 15.1. The Morgan fingerprint density at radius 1 is 1.02 bits per heavy atom. The number of amides is 1. The molecule has 0 bridgehead atoms. The highest BCUT2D eigenvalue weighted by Gasteiger charge is 2.25. The third-order valence-electron chi connectivity index (χ3n) is 8.39. The summed E-state index contributed by atoms with van der Waals surface area (Å²) in [5, 5.41) is 6.48. The van der Waals surface area contributed by atoms with Crippen molar-refractivity contribution in [1.82, 2.24) is 14.9 Å². The second-order valence-electron chi connectivity index (χ2n) is 11.2. The van der Waals surface area contributed by atoms with Crippen LogP contribution in [0.2, 0.25) is 0 Å². The number of ketones is 1. The number of hydrogen-bond acceptors (Lipinski definition) is 6. The largest absolute Gasteiger partial charge is 0.492 e. The number of Topliss-reactive ketones (excluding diaryl/α,β-unsaturated/α-hetero) is 1. The van der Waals surface area contributed by atoms with Crippen LogP contribution in [0, 0.1) is 6.92 Å². The summed E-state index contributed by atoms with van der Waals surface area (Å²) in [5.74, 6) is -0.269. The van der Waals surface area contributed by atoms with E-state index in [2.05, 4.69) is 26.6 Å². The third kappa shape index (κ3) is 5.94. The number of ether oxygens (including phenoxy) is 1. The van der Waals surface area contributed by atoms with Crippen LogP contribution in [0.1, 0.15) is 46.7 Å². The minimum absolute atomic E-state index is 0.390. The summed E-state index contributed by atoms with van der Waals surface area (Å²) in [7, 11) is 1.82. The van der Waals surface area contributed by atoms with E-state index < -0.39 is 11.7 Å². The highest BCUT2D eigenvalue weighted by atomic mass is 16.5. The summed E-state index contributed by atoms with van der Waals surface area (Å²) in [6, 6.07) is 22.0. The van der Waals surface area contributed by atoms with Gasteiger partial charge in [0.25, 0.3) is 11.7 Å². The molecule has 4 aromatic rings. The Morgan fingerprint density at radius 2 is 1.79 bits per heavy atom. The van der Waals surface area contributed by atoms with Crippen LogP contribution in [0.5, 0.6) is 5.75 Å². The van der Waals surface area contributed by atoms with E-state index in [1.165, 1.54) is 5.56 Å². The number of aromatic nitrogens is 2. The maximum absolute atomic E-state index is 13.3. The van der Waals surface area contributed by atoms with Crippen LogP contribution in [0.4, 0.5) is 11.4 Å². The van der Waals surface area contributed by atoms with Crippen molar-refractivity contribution < 1.29 is 14.3 Å². The van der Waals surface area contributed by atoms with Crippen LogP contribution in [0.3, 0.4) is 0 Å². The molecule has 8 heteroatoms. The van der Waals surface area contributed by atoms with Crippen molar-refractivity contribution in [2.75, 3.05) is 29.9 Å². The molecule has 2 aliphatic rings. The minimum Gasteiger partial charge on any atom is -0.492 e. The Labute approximate surface area is 246 Å². The lowest BCUT2D eigenvalue weighted by Crippen LogP contribution is -2.42. The zero-order valence-electron chi connectivity index (χ0n) is 24.2. The van der Waals surface area contributed by atoms with Gasteiger partial charge in [0.2, 0.25) is 0 Å². The number of carbonyl (C=O) groups is 2. The van der Waals surface area contributed by atoms with Crippen LogP contribution >= 0.6 is 0 Å². The number of benzene rings is 2. The summed E-state index contributed by atoms with van der Waals surface area (Å²) in [4.78, 5) is 33.2. The molecular weight excluding hydrogens is 526 g/mol. The number of hydrogen-bond donors (Lipinski definition) is 2. The summed E-state index contributed by atoms with van der Waals surface area (Å²) < 4.78 is 7.46. The fourth-order valence-corrected chi connectivity index (χ4v) is 5.89. The molecule has 42 heavy (non-hydrogen) atoms. The molecule has 0 unspecified atom stereocenters. The van der Waals surface area contributed by atoms with Crippen LogP contribution in [-0.2, 0) is 24.8 Å². The van der Waals surface area contributed by atoms with Gasteiger partial charge in [-0.2, -0.15) is 0 Å². The fourth-order valence-electron chi connectivity index (χ4n) is 5.89. The number of fused-ring (bicyclic) bond motifs is 1. The highest BCUT2D eigenvalue weighted by molar-refractivity contribution is 6.47. The molecule has 2 N–H and O–H groups in total. The van der Waals surface area contributed by atoms with Crippen molar-refractivity contribution in [2.24, 2.45) is 7.05 Å². The lowest BCUT2D eigenvalue weighted by Gasteiger charge is -2.34. The zero-order chi connectivity index (χ0) is 29.1. The van der Waals surface area contributed by atoms with Gasteiger partial charge >= 0.3 is 0 Å². The van der Waals surface area contributed by atoms with Gasteiger partial charge < -0.3 is 24.8 Å². The second kappa shape index (κ2) is 12.2. The van der Waals surface area contributed by atoms with Crippen molar-refractivity contribution in [3.8, 4) is 16.9 Å². The molecule has 8 nitrogen and oxygen atoms in total. The SMILES string of the molecule is Cc1cc(-c2ccccc2)c(C(=O)C(=O)Nc2ccc(N3CCC(NCc4cc5c(cn4)OCCC5)CC3)cc2)n1C. The van der Waals surface area contributed by atoms with Gasteiger partial charge in [0.05, 0.1) is 18.5 Å². The van der Waals surface area contributed by atoms with Crippen molar-refractivity contribution in [1.29, 1.82) is 0 Å². The van der Waals surface area contributed by atoms with Crippen molar-refractivity contribution >= 4 is 23.1 Å². The molecule has 1 fully saturated rings. The van der Waals surface area contributed by atoms with Gasteiger partial charge in [-0.1, -0.05) is 30.3 Å². The highest BCUT2D eigenvalue weighted by Crippen LogP contribution is 2.28. The van der Waals surface area contributed by atoms with Gasteiger partial charge in [0.1, 0.15) is 11.4 Å². The van der Waals surface area contributed by atoms with Crippen LogP contribution < -0.4 is 20.3 Å². The predicted octanol–water partition coefficient (Wildman–Crippen LogP) is 5.30. The monoisotopic (exact) mass is 563 g/mol. The van der Waals surface area contributed by atoms with E-state index >= 15 is 0 Å². The van der Waals surface area contributed by atoms with E-state index in [1.54, 1.807) is 4.57 Å².